The summed E-state index contributed by atoms with van der Waals surface area (Å²) < 4.78 is 2.20. The predicted molar refractivity (Wildman–Crippen MR) is 90.0 cm³/mol. The highest BCUT2D eigenvalue weighted by molar-refractivity contribution is 5.93. The van der Waals surface area contributed by atoms with Gasteiger partial charge in [0.15, 0.2) is 0 Å². The molecule has 2 heterocycles. The fraction of sp³-hybridized carbons (Fsp3) is 0.278. The minimum atomic E-state index is -0.132. The van der Waals surface area contributed by atoms with Crippen molar-refractivity contribution in [3.05, 3.63) is 60.2 Å². The molecule has 1 amide bonds. The van der Waals surface area contributed by atoms with Crippen LogP contribution in [-0.4, -0.2) is 20.4 Å². The number of rotatable bonds is 6. The van der Waals surface area contributed by atoms with Gasteiger partial charge >= 0.3 is 0 Å². The zero-order valence-electron chi connectivity index (χ0n) is 13.2. The van der Waals surface area contributed by atoms with E-state index in [0.29, 0.717) is 12.1 Å². The van der Waals surface area contributed by atoms with Crippen molar-refractivity contribution < 1.29 is 4.79 Å². The molecule has 0 fully saturated rings. The molecular formula is C18H20N4O. The van der Waals surface area contributed by atoms with E-state index in [4.69, 9.17) is 0 Å². The van der Waals surface area contributed by atoms with E-state index in [-0.39, 0.29) is 5.91 Å². The maximum atomic E-state index is 12.2. The molecule has 0 radical (unpaired) electrons. The Balaban J connectivity index is 1.80. The number of carbonyl (C=O) groups is 1. The van der Waals surface area contributed by atoms with Gasteiger partial charge in [-0.3, -0.25) is 9.78 Å². The normalized spacial score (nSPS) is 10.8. The van der Waals surface area contributed by atoms with E-state index in [2.05, 4.69) is 32.8 Å². The van der Waals surface area contributed by atoms with Crippen LogP contribution in [0, 0.1) is 0 Å². The highest BCUT2D eigenvalue weighted by Crippen LogP contribution is 2.17. The van der Waals surface area contributed by atoms with Gasteiger partial charge in [0.1, 0.15) is 5.82 Å². The quantitative estimate of drug-likeness (QED) is 0.761. The van der Waals surface area contributed by atoms with E-state index in [1.165, 1.54) is 0 Å². The molecule has 0 aliphatic carbocycles. The van der Waals surface area contributed by atoms with Crippen molar-refractivity contribution in [1.29, 1.82) is 0 Å². The Kier molecular flexibility index (Phi) is 4.66. The largest absolute Gasteiger partial charge is 0.345 e. The summed E-state index contributed by atoms with van der Waals surface area (Å²) in [6.07, 6.45) is 5.42. The molecule has 1 aromatic carbocycles. The molecular weight excluding hydrogens is 288 g/mol. The average molecular weight is 308 g/mol. The molecule has 0 aliphatic rings. The minimum absolute atomic E-state index is 0.132. The third-order valence-electron chi connectivity index (χ3n) is 3.80. The zero-order chi connectivity index (χ0) is 16.1. The van der Waals surface area contributed by atoms with Crippen LogP contribution in [0.25, 0.3) is 11.0 Å². The summed E-state index contributed by atoms with van der Waals surface area (Å²) >= 11 is 0. The second-order valence-corrected chi connectivity index (χ2v) is 5.45. The summed E-state index contributed by atoms with van der Waals surface area (Å²) in [6, 6.07) is 11.6. The van der Waals surface area contributed by atoms with Crippen molar-refractivity contribution in [2.24, 2.45) is 0 Å². The number of amides is 1. The highest BCUT2D eigenvalue weighted by Gasteiger charge is 2.12. The summed E-state index contributed by atoms with van der Waals surface area (Å²) in [7, 11) is 0. The molecule has 0 saturated heterocycles. The number of unbranched alkanes of at least 4 members (excludes halogenated alkanes) is 1. The molecule has 0 unspecified atom stereocenters. The van der Waals surface area contributed by atoms with Crippen molar-refractivity contribution >= 4 is 16.9 Å². The first-order valence-electron chi connectivity index (χ1n) is 7.92. The van der Waals surface area contributed by atoms with Gasteiger partial charge in [-0.05, 0) is 30.7 Å². The predicted octanol–water partition coefficient (Wildman–Crippen LogP) is 3.16. The van der Waals surface area contributed by atoms with Crippen LogP contribution in [0.4, 0.5) is 0 Å². The summed E-state index contributed by atoms with van der Waals surface area (Å²) in [5, 5.41) is 2.93. The average Bonchev–Trinajstić information content (AvgIpc) is 2.96. The lowest BCUT2D eigenvalue weighted by molar-refractivity contribution is 0.0949. The molecule has 5 nitrogen and oxygen atoms in total. The van der Waals surface area contributed by atoms with Crippen LogP contribution in [0.1, 0.15) is 35.9 Å². The van der Waals surface area contributed by atoms with Gasteiger partial charge in [-0.15, -0.1) is 0 Å². The fourth-order valence-corrected chi connectivity index (χ4v) is 2.58. The lowest BCUT2D eigenvalue weighted by Crippen LogP contribution is -2.24. The first-order chi connectivity index (χ1) is 11.3. The number of pyridine rings is 1. The number of fused-ring (bicyclic) bond motifs is 1. The van der Waals surface area contributed by atoms with Gasteiger partial charge in [0, 0.05) is 18.9 Å². The Hall–Kier alpha value is -2.69. The highest BCUT2D eigenvalue weighted by atomic mass is 16.1. The minimum Gasteiger partial charge on any atom is -0.345 e. The Morgan fingerprint density at radius 3 is 2.87 bits per heavy atom. The smallest absolute Gasteiger partial charge is 0.253 e. The van der Waals surface area contributed by atoms with Crippen LogP contribution >= 0.6 is 0 Å². The zero-order valence-corrected chi connectivity index (χ0v) is 13.2. The number of benzene rings is 1. The number of nitrogens with one attached hydrogen (secondary N) is 1. The molecule has 0 spiro atoms. The topological polar surface area (TPSA) is 59.8 Å². The molecule has 0 aliphatic heterocycles. The number of hydrogen-bond donors (Lipinski definition) is 1. The maximum Gasteiger partial charge on any atom is 0.253 e. The first kappa shape index (κ1) is 15.2. The summed E-state index contributed by atoms with van der Waals surface area (Å²) in [5.74, 6) is 0.754. The molecule has 5 heteroatoms. The monoisotopic (exact) mass is 308 g/mol. The molecule has 1 N–H and O–H groups in total. The second-order valence-electron chi connectivity index (χ2n) is 5.45. The molecule has 0 saturated carbocycles. The molecule has 23 heavy (non-hydrogen) atoms. The molecule has 2 aromatic heterocycles. The first-order valence-corrected chi connectivity index (χ1v) is 7.92. The van der Waals surface area contributed by atoms with Crippen LogP contribution in [0.5, 0.6) is 0 Å². The van der Waals surface area contributed by atoms with Gasteiger partial charge in [0.25, 0.3) is 5.91 Å². The number of aryl methyl sites for hydroxylation is 1. The Morgan fingerprint density at radius 2 is 2.09 bits per heavy atom. The summed E-state index contributed by atoms with van der Waals surface area (Å²) in [6.45, 7) is 3.49. The number of para-hydroxylation sites is 2. The van der Waals surface area contributed by atoms with Gasteiger partial charge in [-0.25, -0.2) is 4.98 Å². The van der Waals surface area contributed by atoms with Gasteiger partial charge in [0.2, 0.25) is 0 Å². The van der Waals surface area contributed by atoms with Crippen molar-refractivity contribution in [3.63, 3.8) is 0 Å². The summed E-state index contributed by atoms with van der Waals surface area (Å²) in [5.41, 5.74) is 2.64. The van der Waals surface area contributed by atoms with Crippen molar-refractivity contribution in [2.45, 2.75) is 32.9 Å². The number of nitrogens with zero attached hydrogens (tertiary/aromatic N) is 3. The Morgan fingerprint density at radius 1 is 1.22 bits per heavy atom. The van der Waals surface area contributed by atoms with Gasteiger partial charge < -0.3 is 9.88 Å². The lowest BCUT2D eigenvalue weighted by atomic mass is 10.2. The number of aromatic nitrogens is 3. The summed E-state index contributed by atoms with van der Waals surface area (Å²) in [4.78, 5) is 20.8. The van der Waals surface area contributed by atoms with Crippen LogP contribution in [0.3, 0.4) is 0 Å². The van der Waals surface area contributed by atoms with E-state index < -0.39 is 0 Å². The number of imidazole rings is 1. The van der Waals surface area contributed by atoms with E-state index in [9.17, 15) is 4.79 Å². The van der Waals surface area contributed by atoms with Gasteiger partial charge in [0.05, 0.1) is 23.1 Å². The van der Waals surface area contributed by atoms with Crippen molar-refractivity contribution in [3.8, 4) is 0 Å². The lowest BCUT2D eigenvalue weighted by Gasteiger charge is -2.09. The number of hydrogen-bond acceptors (Lipinski definition) is 3. The van der Waals surface area contributed by atoms with Gasteiger partial charge in [-0.1, -0.05) is 25.5 Å². The maximum absolute atomic E-state index is 12.2. The second kappa shape index (κ2) is 7.05. The van der Waals surface area contributed by atoms with Gasteiger partial charge in [-0.2, -0.15) is 0 Å². The van der Waals surface area contributed by atoms with E-state index in [0.717, 1.165) is 36.2 Å². The molecule has 3 aromatic rings. The Bertz CT molecular complexity index is 795. The van der Waals surface area contributed by atoms with E-state index >= 15 is 0 Å². The van der Waals surface area contributed by atoms with Crippen molar-refractivity contribution in [2.75, 3.05) is 0 Å². The third-order valence-corrected chi connectivity index (χ3v) is 3.80. The Labute approximate surface area is 135 Å². The van der Waals surface area contributed by atoms with Crippen LogP contribution in [0.2, 0.25) is 0 Å². The third kappa shape index (κ3) is 3.39. The fourth-order valence-electron chi connectivity index (χ4n) is 2.58. The number of carbonyl (C=O) groups excluding carboxylic acids is 1. The van der Waals surface area contributed by atoms with E-state index in [1.807, 2.05) is 18.2 Å². The standard InChI is InChI=1S/C18H20N4O/c1-2-3-11-22-16-9-5-4-8-15(16)21-17(22)13-20-18(23)14-7-6-10-19-12-14/h4-10,12H,2-3,11,13H2,1H3,(H,20,23). The molecule has 3 rings (SSSR count). The SMILES string of the molecule is CCCCn1c(CNC(=O)c2cccnc2)nc2ccccc21. The van der Waals surface area contributed by atoms with Crippen LogP contribution in [0.15, 0.2) is 48.8 Å². The molecule has 0 bridgehead atoms. The van der Waals surface area contributed by atoms with E-state index in [1.54, 1.807) is 24.5 Å². The van der Waals surface area contributed by atoms with Crippen LogP contribution < -0.4 is 5.32 Å². The molecule has 118 valence electrons. The van der Waals surface area contributed by atoms with Crippen LogP contribution in [-0.2, 0) is 13.1 Å². The molecule has 0 atom stereocenters. The van der Waals surface area contributed by atoms with Crippen molar-refractivity contribution in [1.82, 2.24) is 19.9 Å².